The van der Waals surface area contributed by atoms with Crippen LogP contribution in [0.5, 0.6) is 0 Å². The number of hydrogen-bond donors (Lipinski definition) is 8. The fourth-order valence-corrected chi connectivity index (χ4v) is 20.3. The smallest absolute Gasteiger partial charge is 0.463 e. The molecule has 4 aromatic rings. The quantitative estimate of drug-likeness (QED) is 0.00669. The predicted molar refractivity (Wildman–Crippen MR) is 555 cm³/mol. The van der Waals surface area contributed by atoms with Crippen LogP contribution in [0, 0.1) is 47.3 Å². The van der Waals surface area contributed by atoms with Gasteiger partial charge in [0.2, 0.25) is 0 Å². The number of aliphatic hydroxyl groups is 8. The zero-order chi connectivity index (χ0) is 103. The molecule has 0 spiro atoms. The zero-order valence-electron chi connectivity index (χ0n) is 87.3. The molecule has 143 heavy (non-hydrogen) atoms. The Bertz CT molecular complexity index is 4030. The molecule has 4 aliphatic carbocycles. The maximum absolute atomic E-state index is 12.9. The van der Waals surface area contributed by atoms with Gasteiger partial charge in [0.1, 0.15) is 25.4 Å². The standard InChI is InChI=1S/C60H90O16.C30H47BO5.C26H40O5/c1-43(2)73-57(65)25-17-7-5-15-23-49-51(55(63)41-53(49)61)33-31-47(29-27-45-19-11-9-12-20-45)75-59(67)71-39-37-69-35-36-70-38-40-72-60(68)76-48(30-28-46-21-13-10-14-22-46)32-34-52-50(54(62)42-56(52)64)24-16-6-8-18-26-58(66)74-44(3)4;1-4-5-21-31-35-28-22-29(36-31)27(20-19-25(32)18-17-24-13-9-8-10-14-24)26(28)15-11-6-7-12-16-30(33)34-23(2)3;1-19(2)31-26(30)13-9-4-3-8-12-22-23(25(29)18-24(22)28)17-16-21(27)15-14-20-10-6-5-7-11-20/h5-6,9-16,19-22,43-44,47-56,61-64H,7-8,17-18,23-42H2,1-4H3;6,8-11,13-14,23,25-29,32H,4-5,7,12,15-22H2,1-3H3;3,5-8,10-11,19,21-25,27-29H,4,9,12-18H2,1-2H3/b15-5-,16-6-;11-6-;8-3-/t47-,48+,49+,50-,51+,52-,53-,54+,55+,56-;25-,26+,27+,28-,29+;21-,22+,23+,24-,25+/m.00/s1. The Morgan fingerprint density at radius 1 is 0.329 bits per heavy atom. The van der Waals surface area contributed by atoms with Crippen molar-refractivity contribution in [3.63, 3.8) is 0 Å². The van der Waals surface area contributed by atoms with Gasteiger partial charge in [-0.15, -0.1) is 0 Å². The van der Waals surface area contributed by atoms with Gasteiger partial charge in [-0.3, -0.25) is 19.2 Å². The Morgan fingerprint density at radius 2 is 0.608 bits per heavy atom. The van der Waals surface area contributed by atoms with Gasteiger partial charge in [0.15, 0.2) is 0 Å². The van der Waals surface area contributed by atoms with E-state index >= 15 is 0 Å². The summed E-state index contributed by atoms with van der Waals surface area (Å²) in [6.07, 6.45) is 36.3. The summed E-state index contributed by atoms with van der Waals surface area (Å²) >= 11 is 0. The van der Waals surface area contributed by atoms with Crippen molar-refractivity contribution < 1.29 is 126 Å². The molecule has 800 valence electrons. The Kier molecular flexibility index (Phi) is 60.8. The van der Waals surface area contributed by atoms with Crippen molar-refractivity contribution in [2.24, 2.45) is 47.3 Å². The molecular weight excluding hydrogens is 1820 g/mol. The Balaban J connectivity index is 0.000000339. The average Bonchev–Trinajstić information content (AvgIpc) is 1.63. The molecule has 4 saturated carbocycles. The molecule has 0 radical (unpaired) electrons. The van der Waals surface area contributed by atoms with E-state index in [1.165, 1.54) is 11.1 Å². The molecule has 9 rings (SSSR count). The first-order valence-electron chi connectivity index (χ1n) is 54.1. The molecule has 0 unspecified atom stereocenters. The highest BCUT2D eigenvalue weighted by Gasteiger charge is 2.50. The fourth-order valence-electron chi connectivity index (χ4n) is 20.3. The third kappa shape index (κ3) is 51.4. The summed E-state index contributed by atoms with van der Waals surface area (Å²) in [5.41, 5.74) is 4.71. The number of carbonyl (C=O) groups excluding carboxylic acids is 6. The van der Waals surface area contributed by atoms with Gasteiger partial charge in [0, 0.05) is 37.9 Å². The van der Waals surface area contributed by atoms with Crippen molar-refractivity contribution in [1.82, 2.24) is 0 Å². The topological polar surface area (TPSA) is 375 Å². The van der Waals surface area contributed by atoms with Gasteiger partial charge < -0.3 is 97.5 Å². The van der Waals surface area contributed by atoms with E-state index in [4.69, 9.17) is 56.7 Å². The number of aryl methyl sites for hydroxylation is 4. The number of aliphatic hydroxyl groups excluding tert-OH is 8. The molecule has 5 fully saturated rings. The van der Waals surface area contributed by atoms with Crippen LogP contribution in [0.15, 0.2) is 170 Å². The molecule has 5 aliphatic rings. The second kappa shape index (κ2) is 71.4. The number of fused-ring (bicyclic) bond motifs is 2. The van der Waals surface area contributed by atoms with Gasteiger partial charge in [-0.2, -0.15) is 0 Å². The van der Waals surface area contributed by atoms with E-state index < -0.39 is 67.2 Å². The van der Waals surface area contributed by atoms with Gasteiger partial charge in [-0.1, -0.05) is 190 Å². The maximum atomic E-state index is 12.9. The molecule has 0 aromatic heterocycles. The summed E-state index contributed by atoms with van der Waals surface area (Å²) in [7, 11) is -0.0832. The van der Waals surface area contributed by atoms with E-state index in [2.05, 4.69) is 61.5 Å². The van der Waals surface area contributed by atoms with Crippen molar-refractivity contribution in [3.8, 4) is 0 Å². The minimum absolute atomic E-state index is 0.00652. The van der Waals surface area contributed by atoms with E-state index in [0.29, 0.717) is 172 Å². The molecule has 1 heterocycles. The minimum Gasteiger partial charge on any atom is -0.463 e. The van der Waals surface area contributed by atoms with Gasteiger partial charge in [0.05, 0.1) is 99.7 Å². The van der Waals surface area contributed by atoms with Crippen LogP contribution in [0.2, 0.25) is 6.32 Å². The van der Waals surface area contributed by atoms with E-state index in [0.717, 1.165) is 101 Å². The lowest BCUT2D eigenvalue weighted by Gasteiger charge is -2.28. The summed E-state index contributed by atoms with van der Waals surface area (Å²) in [6.45, 7) is 17.5. The fraction of sp³-hybridized carbons (Fsp3) is 0.672. The van der Waals surface area contributed by atoms with Gasteiger partial charge in [-0.25, -0.2) is 9.59 Å². The van der Waals surface area contributed by atoms with Crippen LogP contribution >= 0.6 is 0 Å². The monoisotopic (exact) mass is 2000 g/mol. The SMILES string of the molecule is CC(C)OC(=O)CCC/C=C\C[C@@H]1[C@@H](CC[C@@H](O)CCc2ccccc2)[C@H](O)C[C@@H]1O.CC(C)OC(=O)CCC/C=C\C[C@@H]1[C@@H](CC[C@H](CCc2ccccc2)OC(=O)OCCOCCOCCOC(=O)O[C@H](CCc2ccccc2)CC[C@H]2[C@H](C/C=C\CCCC(=O)OC(C)C)[C@H](O)C[C@@H]2O)[C@H](O)C[C@@H]1O.CCCCB1O[C@H]2C[C@@H](O1)[C@H](CC[C@@H](O)CCc1ccccc1)[C@H]2C/C=C\CCCC(=O)OC(C)C. The van der Waals surface area contributed by atoms with E-state index in [-0.39, 0.29) is 149 Å². The zero-order valence-corrected chi connectivity index (χ0v) is 87.3. The number of esters is 4. The second-order valence-corrected chi connectivity index (χ2v) is 40.7. The largest absolute Gasteiger partial charge is 0.508 e. The lowest BCUT2D eigenvalue weighted by Crippen LogP contribution is -2.37. The second-order valence-electron chi connectivity index (χ2n) is 40.7. The van der Waals surface area contributed by atoms with E-state index in [9.17, 15) is 69.6 Å². The molecule has 20 atom stereocenters. The van der Waals surface area contributed by atoms with Gasteiger partial charge >= 0.3 is 43.3 Å². The van der Waals surface area contributed by atoms with Crippen LogP contribution in [-0.2, 0) is 102 Å². The van der Waals surface area contributed by atoms with Crippen molar-refractivity contribution >= 4 is 43.3 Å². The van der Waals surface area contributed by atoms with Crippen LogP contribution in [0.4, 0.5) is 9.59 Å². The summed E-state index contributed by atoms with van der Waals surface area (Å²) in [4.78, 5) is 72.7. The first-order valence-corrected chi connectivity index (χ1v) is 54.1. The van der Waals surface area contributed by atoms with Crippen LogP contribution < -0.4 is 0 Å². The molecule has 4 aromatic carbocycles. The summed E-state index contributed by atoms with van der Waals surface area (Å²) in [5, 5.41) is 85.4. The third-order valence-corrected chi connectivity index (χ3v) is 27.8. The molecular formula is C116H177BO26. The lowest BCUT2D eigenvalue weighted by atomic mass is 9.80. The van der Waals surface area contributed by atoms with Crippen LogP contribution in [-0.4, -0.2) is 221 Å². The number of rotatable bonds is 66. The molecule has 26 nitrogen and oxygen atoms in total. The number of benzene rings is 4. The van der Waals surface area contributed by atoms with Crippen LogP contribution in [0.1, 0.15) is 303 Å². The lowest BCUT2D eigenvalue weighted by molar-refractivity contribution is -0.148. The van der Waals surface area contributed by atoms with Crippen LogP contribution in [0.3, 0.4) is 0 Å². The highest BCUT2D eigenvalue weighted by atomic mass is 16.7. The number of hydrogen-bond acceptors (Lipinski definition) is 26. The maximum Gasteiger partial charge on any atom is 0.508 e. The molecule has 27 heteroatoms. The van der Waals surface area contributed by atoms with Crippen LogP contribution in [0.25, 0.3) is 0 Å². The molecule has 1 saturated heterocycles. The highest BCUT2D eigenvalue weighted by Crippen LogP contribution is 2.47. The number of ether oxygens (including phenoxy) is 10. The first-order chi connectivity index (χ1) is 69.0. The first kappa shape index (κ1) is 122. The van der Waals surface area contributed by atoms with Gasteiger partial charge in [-0.05, 0) is 337 Å². The number of unbranched alkanes of at least 4 members (excludes halogenated alkanes) is 5. The predicted octanol–water partition coefficient (Wildman–Crippen LogP) is 20.5. The van der Waals surface area contributed by atoms with E-state index in [1.54, 1.807) is 0 Å². The highest BCUT2D eigenvalue weighted by molar-refractivity contribution is 6.44. The van der Waals surface area contributed by atoms with Crippen molar-refractivity contribution in [2.45, 2.75) is 410 Å². The normalized spacial score (nSPS) is 23.4. The summed E-state index contributed by atoms with van der Waals surface area (Å²) < 4.78 is 67.1. The Labute approximate surface area is 854 Å². The summed E-state index contributed by atoms with van der Waals surface area (Å²) in [5.74, 6) is -0.496. The Hall–Kier alpha value is -8.16. The van der Waals surface area contributed by atoms with Crippen molar-refractivity contribution in [3.05, 3.63) is 192 Å². The van der Waals surface area contributed by atoms with Gasteiger partial charge in [0.25, 0.3) is 0 Å². The van der Waals surface area contributed by atoms with E-state index in [1.807, 2.05) is 171 Å². The number of carbonyl (C=O) groups is 6. The molecule has 8 N–H and O–H groups in total. The Morgan fingerprint density at radius 3 is 0.923 bits per heavy atom. The third-order valence-electron chi connectivity index (χ3n) is 27.8. The number of allylic oxidation sites excluding steroid dienone is 8. The minimum atomic E-state index is -0.813. The van der Waals surface area contributed by atoms with Crippen molar-refractivity contribution in [1.29, 1.82) is 0 Å². The molecule has 2 bridgehead atoms. The average molecular weight is 2000 g/mol. The van der Waals surface area contributed by atoms with Crippen molar-refractivity contribution in [2.75, 3.05) is 39.6 Å². The molecule has 0 amide bonds. The molecule has 1 aliphatic heterocycles. The summed E-state index contributed by atoms with van der Waals surface area (Å²) in [6, 6.07) is 40.4.